The summed E-state index contributed by atoms with van der Waals surface area (Å²) in [5, 5.41) is 0. The Morgan fingerprint density at radius 2 is 2.05 bits per heavy atom. The molecule has 0 saturated heterocycles. The Hall–Kier alpha value is -1.68. The average molecular weight is 301 g/mol. The minimum atomic E-state index is -0.163. The molecule has 0 atom stereocenters. The monoisotopic (exact) mass is 301 g/mol. The van der Waals surface area contributed by atoms with Crippen molar-refractivity contribution in [1.82, 2.24) is 4.98 Å². The molecule has 0 aromatic carbocycles. The van der Waals surface area contributed by atoms with E-state index >= 15 is 0 Å². The molecule has 3 rings (SSSR count). The van der Waals surface area contributed by atoms with E-state index in [1.807, 2.05) is 18.2 Å². The average Bonchev–Trinajstić information content (AvgIpc) is 2.96. The van der Waals surface area contributed by atoms with Gasteiger partial charge >= 0.3 is 5.97 Å². The van der Waals surface area contributed by atoms with Crippen molar-refractivity contribution < 1.29 is 9.53 Å². The molecule has 0 fully saturated rings. The summed E-state index contributed by atoms with van der Waals surface area (Å²) in [7, 11) is 0. The Labute approximate surface area is 129 Å². The van der Waals surface area contributed by atoms with Crippen molar-refractivity contribution in [3.05, 3.63) is 51.5 Å². The number of carbonyl (C=O) groups excluding carboxylic acids is 1. The summed E-state index contributed by atoms with van der Waals surface area (Å²) in [6.45, 7) is 0.476. The molecule has 0 spiro atoms. The molecule has 1 aliphatic rings. The second-order valence-corrected chi connectivity index (χ2v) is 6.50. The molecule has 1 aliphatic carbocycles. The molecule has 0 saturated carbocycles. The van der Waals surface area contributed by atoms with E-state index in [2.05, 4.69) is 4.98 Å². The van der Waals surface area contributed by atoms with Crippen LogP contribution in [0.15, 0.2) is 30.6 Å². The van der Waals surface area contributed by atoms with Gasteiger partial charge in [0.25, 0.3) is 0 Å². The predicted molar refractivity (Wildman–Crippen MR) is 83.8 cm³/mol. The van der Waals surface area contributed by atoms with Gasteiger partial charge in [0.1, 0.15) is 4.88 Å². The van der Waals surface area contributed by atoms with Crippen molar-refractivity contribution in [3.8, 4) is 0 Å². The van der Waals surface area contributed by atoms with Crippen LogP contribution in [0.1, 0.15) is 44.9 Å². The fourth-order valence-electron chi connectivity index (χ4n) is 2.65. The van der Waals surface area contributed by atoms with Gasteiger partial charge in [0.05, 0.1) is 6.61 Å². The Morgan fingerprint density at radius 3 is 2.86 bits per heavy atom. The van der Waals surface area contributed by atoms with Crippen LogP contribution in [0.5, 0.6) is 0 Å². The molecular weight excluding hydrogens is 282 g/mol. The van der Waals surface area contributed by atoms with Gasteiger partial charge in [0, 0.05) is 17.3 Å². The Kier molecular flexibility index (Phi) is 4.65. The zero-order valence-electron chi connectivity index (χ0n) is 12.0. The summed E-state index contributed by atoms with van der Waals surface area (Å²) >= 11 is 1.62. The van der Waals surface area contributed by atoms with E-state index in [1.54, 1.807) is 23.7 Å². The van der Waals surface area contributed by atoms with Gasteiger partial charge in [0.2, 0.25) is 0 Å². The molecule has 0 unspecified atom stereocenters. The fourth-order valence-corrected chi connectivity index (χ4v) is 3.80. The van der Waals surface area contributed by atoms with Gasteiger partial charge in [-0.1, -0.05) is 0 Å². The van der Waals surface area contributed by atoms with Crippen LogP contribution in [-0.4, -0.2) is 17.6 Å². The number of esters is 1. The van der Waals surface area contributed by atoms with Gasteiger partial charge in [0.15, 0.2) is 0 Å². The lowest BCUT2D eigenvalue weighted by atomic mass is 9.99. The summed E-state index contributed by atoms with van der Waals surface area (Å²) in [6, 6.07) is 6.02. The molecule has 2 heterocycles. The fraction of sp³-hybridized carbons (Fsp3) is 0.412. The van der Waals surface area contributed by atoms with Crippen molar-refractivity contribution >= 4 is 17.3 Å². The van der Waals surface area contributed by atoms with Gasteiger partial charge in [-0.2, -0.15) is 0 Å². The highest BCUT2D eigenvalue weighted by atomic mass is 32.1. The van der Waals surface area contributed by atoms with Crippen molar-refractivity contribution in [3.63, 3.8) is 0 Å². The van der Waals surface area contributed by atoms with Crippen LogP contribution in [0, 0.1) is 0 Å². The van der Waals surface area contributed by atoms with Gasteiger partial charge in [-0.15, -0.1) is 11.3 Å². The minimum absolute atomic E-state index is 0.163. The molecule has 4 heteroatoms. The Bertz CT molecular complexity index is 583. The van der Waals surface area contributed by atoms with E-state index in [9.17, 15) is 4.79 Å². The summed E-state index contributed by atoms with van der Waals surface area (Å²) < 4.78 is 5.38. The van der Waals surface area contributed by atoms with E-state index in [1.165, 1.54) is 28.8 Å². The van der Waals surface area contributed by atoms with Gasteiger partial charge in [-0.25, -0.2) is 4.79 Å². The number of rotatable bonds is 5. The largest absolute Gasteiger partial charge is 0.461 e. The van der Waals surface area contributed by atoms with Crippen LogP contribution >= 0.6 is 11.3 Å². The zero-order chi connectivity index (χ0) is 14.5. The van der Waals surface area contributed by atoms with Gasteiger partial charge < -0.3 is 4.74 Å². The molecule has 3 nitrogen and oxygen atoms in total. The maximum atomic E-state index is 12.1. The number of carbonyl (C=O) groups is 1. The number of aromatic nitrogens is 1. The second kappa shape index (κ2) is 6.85. The third-order valence-corrected chi connectivity index (χ3v) is 5.01. The molecule has 110 valence electrons. The van der Waals surface area contributed by atoms with E-state index in [0.29, 0.717) is 6.61 Å². The second-order valence-electron chi connectivity index (χ2n) is 5.36. The normalized spacial score (nSPS) is 13.7. The first-order valence-electron chi connectivity index (χ1n) is 7.50. The molecular formula is C17H19NO2S. The SMILES string of the molecule is O=C(OCCCc1ccncc1)c1cc2c(s1)CCCC2. The van der Waals surface area contributed by atoms with Crippen molar-refractivity contribution in [2.45, 2.75) is 38.5 Å². The molecule has 0 aliphatic heterocycles. The number of ether oxygens (including phenoxy) is 1. The molecule has 0 bridgehead atoms. The molecule has 21 heavy (non-hydrogen) atoms. The third kappa shape index (κ3) is 3.70. The quantitative estimate of drug-likeness (QED) is 0.622. The highest BCUT2D eigenvalue weighted by molar-refractivity contribution is 7.14. The maximum Gasteiger partial charge on any atom is 0.348 e. The predicted octanol–water partition coefficient (Wildman–Crippen LogP) is 3.81. The highest BCUT2D eigenvalue weighted by Gasteiger charge is 2.17. The number of fused-ring (bicyclic) bond motifs is 1. The molecule has 0 amide bonds. The highest BCUT2D eigenvalue weighted by Crippen LogP contribution is 2.30. The number of pyridine rings is 1. The first-order valence-corrected chi connectivity index (χ1v) is 8.32. The lowest BCUT2D eigenvalue weighted by Crippen LogP contribution is -2.05. The molecule has 2 aromatic rings. The van der Waals surface area contributed by atoms with Crippen LogP contribution in [0.25, 0.3) is 0 Å². The number of aryl methyl sites for hydroxylation is 3. The zero-order valence-corrected chi connectivity index (χ0v) is 12.8. The van der Waals surface area contributed by atoms with Crippen molar-refractivity contribution in [2.24, 2.45) is 0 Å². The molecule has 2 aromatic heterocycles. The number of hydrogen-bond acceptors (Lipinski definition) is 4. The van der Waals surface area contributed by atoms with E-state index in [0.717, 1.165) is 30.6 Å². The van der Waals surface area contributed by atoms with Crippen LogP contribution in [0.2, 0.25) is 0 Å². The molecule has 0 N–H and O–H groups in total. The van der Waals surface area contributed by atoms with Crippen molar-refractivity contribution in [2.75, 3.05) is 6.61 Å². The summed E-state index contributed by atoms with van der Waals surface area (Å²) in [4.78, 5) is 18.2. The van der Waals surface area contributed by atoms with E-state index in [4.69, 9.17) is 4.74 Å². The van der Waals surface area contributed by atoms with E-state index in [-0.39, 0.29) is 5.97 Å². The summed E-state index contributed by atoms with van der Waals surface area (Å²) in [5.74, 6) is -0.163. The van der Waals surface area contributed by atoms with Gasteiger partial charge in [-0.05, 0) is 67.9 Å². The third-order valence-electron chi connectivity index (χ3n) is 3.79. The first-order chi connectivity index (χ1) is 10.3. The lowest BCUT2D eigenvalue weighted by Gasteiger charge is -2.08. The van der Waals surface area contributed by atoms with E-state index < -0.39 is 0 Å². The first kappa shape index (κ1) is 14.3. The van der Waals surface area contributed by atoms with Crippen LogP contribution < -0.4 is 0 Å². The number of hydrogen-bond donors (Lipinski definition) is 0. The Morgan fingerprint density at radius 1 is 1.24 bits per heavy atom. The van der Waals surface area contributed by atoms with Gasteiger partial charge in [-0.3, -0.25) is 4.98 Å². The summed E-state index contributed by atoms with van der Waals surface area (Å²) in [6.07, 6.45) is 10.1. The topological polar surface area (TPSA) is 39.2 Å². The minimum Gasteiger partial charge on any atom is -0.461 e. The maximum absolute atomic E-state index is 12.1. The molecule has 0 radical (unpaired) electrons. The smallest absolute Gasteiger partial charge is 0.348 e. The van der Waals surface area contributed by atoms with Crippen molar-refractivity contribution in [1.29, 1.82) is 0 Å². The standard InChI is InChI=1S/C17H19NO2S/c19-17(16-12-14-5-1-2-6-15(14)21-16)20-11-3-4-13-7-9-18-10-8-13/h7-10,12H,1-6,11H2. The number of thiophene rings is 1. The van der Waals surface area contributed by atoms with Crippen LogP contribution in [0.4, 0.5) is 0 Å². The summed E-state index contributed by atoms with van der Waals surface area (Å²) in [5.41, 5.74) is 2.59. The number of nitrogens with zero attached hydrogens (tertiary/aromatic N) is 1. The Balaban J connectivity index is 1.47. The van der Waals surface area contributed by atoms with Crippen LogP contribution in [-0.2, 0) is 24.0 Å². The van der Waals surface area contributed by atoms with Crippen LogP contribution in [0.3, 0.4) is 0 Å². The lowest BCUT2D eigenvalue weighted by molar-refractivity contribution is 0.0506.